The zero-order valence-electron chi connectivity index (χ0n) is 11.7. The predicted molar refractivity (Wildman–Crippen MR) is 73.6 cm³/mol. The Morgan fingerprint density at radius 2 is 1.78 bits per heavy atom. The van der Waals surface area contributed by atoms with E-state index in [1.807, 2.05) is 45.9 Å². The van der Waals surface area contributed by atoms with Gasteiger partial charge >= 0.3 is 6.09 Å². The maximum Gasteiger partial charge on any atom is 0.410 e. The third-order valence-electron chi connectivity index (χ3n) is 2.68. The van der Waals surface area contributed by atoms with Crippen LogP contribution in [0.25, 0.3) is 0 Å². The van der Waals surface area contributed by atoms with Gasteiger partial charge in [0.25, 0.3) is 0 Å². The van der Waals surface area contributed by atoms with Crippen molar-refractivity contribution in [3.63, 3.8) is 0 Å². The number of nitrogens with zero attached hydrogens (tertiary/aromatic N) is 1. The average Bonchev–Trinajstić information content (AvgIpc) is 2.29. The number of benzene rings is 1. The minimum atomic E-state index is -0.226. The molecule has 0 aliphatic carbocycles. The van der Waals surface area contributed by atoms with Gasteiger partial charge in [0.05, 0.1) is 6.10 Å². The zero-order chi connectivity index (χ0) is 13.5. The highest BCUT2D eigenvalue weighted by molar-refractivity contribution is 5.68. The molecule has 0 saturated carbocycles. The van der Waals surface area contributed by atoms with Crippen molar-refractivity contribution in [1.82, 2.24) is 4.90 Å². The van der Waals surface area contributed by atoms with Crippen LogP contribution in [0.1, 0.15) is 33.3 Å². The van der Waals surface area contributed by atoms with E-state index in [4.69, 9.17) is 4.74 Å². The minimum absolute atomic E-state index is 0.0736. The van der Waals surface area contributed by atoms with Gasteiger partial charge in [0.1, 0.15) is 0 Å². The molecule has 0 atom stereocenters. The molecular weight excluding hydrogens is 226 g/mol. The zero-order valence-corrected chi connectivity index (χ0v) is 11.7. The first-order valence-electron chi connectivity index (χ1n) is 6.52. The van der Waals surface area contributed by atoms with Crippen molar-refractivity contribution in [2.24, 2.45) is 0 Å². The smallest absolute Gasteiger partial charge is 0.410 e. The lowest BCUT2D eigenvalue weighted by Crippen LogP contribution is -2.39. The normalized spacial score (nSPS) is 10.8. The minimum Gasteiger partial charge on any atom is -0.447 e. The van der Waals surface area contributed by atoms with Crippen molar-refractivity contribution in [3.05, 3.63) is 35.9 Å². The molecule has 0 aliphatic rings. The van der Waals surface area contributed by atoms with Gasteiger partial charge in [0.15, 0.2) is 0 Å². The van der Waals surface area contributed by atoms with Gasteiger partial charge in [-0.05, 0) is 39.7 Å². The first-order chi connectivity index (χ1) is 8.50. The second-order valence-corrected chi connectivity index (χ2v) is 4.96. The molecule has 3 heteroatoms. The number of ether oxygens (including phenoxy) is 1. The van der Waals surface area contributed by atoms with Crippen LogP contribution in [0, 0.1) is 0 Å². The van der Waals surface area contributed by atoms with Crippen molar-refractivity contribution in [1.29, 1.82) is 0 Å². The largest absolute Gasteiger partial charge is 0.447 e. The van der Waals surface area contributed by atoms with Crippen LogP contribution in [0.4, 0.5) is 4.79 Å². The Kier molecular flexibility index (Phi) is 5.69. The Morgan fingerprint density at radius 1 is 1.17 bits per heavy atom. The molecule has 0 radical (unpaired) electrons. The van der Waals surface area contributed by atoms with E-state index in [0.29, 0.717) is 6.54 Å². The van der Waals surface area contributed by atoms with E-state index in [1.54, 1.807) is 4.90 Å². The fourth-order valence-corrected chi connectivity index (χ4v) is 1.72. The summed E-state index contributed by atoms with van der Waals surface area (Å²) < 4.78 is 5.25. The third-order valence-corrected chi connectivity index (χ3v) is 2.68. The van der Waals surface area contributed by atoms with Gasteiger partial charge in [0, 0.05) is 12.6 Å². The Hall–Kier alpha value is -1.51. The number of amides is 1. The van der Waals surface area contributed by atoms with E-state index in [2.05, 4.69) is 12.1 Å². The van der Waals surface area contributed by atoms with Crippen LogP contribution in [0.2, 0.25) is 0 Å². The van der Waals surface area contributed by atoms with Crippen LogP contribution in [0.15, 0.2) is 30.3 Å². The van der Waals surface area contributed by atoms with Crippen LogP contribution < -0.4 is 0 Å². The highest BCUT2D eigenvalue weighted by atomic mass is 16.6. The molecule has 3 nitrogen and oxygen atoms in total. The summed E-state index contributed by atoms with van der Waals surface area (Å²) in [5, 5.41) is 0. The first kappa shape index (κ1) is 14.6. The lowest BCUT2D eigenvalue weighted by molar-refractivity contribution is 0.0683. The van der Waals surface area contributed by atoms with Crippen molar-refractivity contribution in [3.8, 4) is 0 Å². The van der Waals surface area contributed by atoms with Crippen molar-refractivity contribution < 1.29 is 9.53 Å². The molecule has 0 aromatic heterocycles. The Balaban J connectivity index is 2.56. The molecular formula is C15H23NO2. The standard InChI is InChI=1S/C15H23NO2/c1-12(2)16(15(17)18-13(3)4)11-10-14-8-6-5-7-9-14/h5-9,12-13H,10-11H2,1-4H3. The first-order valence-corrected chi connectivity index (χ1v) is 6.52. The lowest BCUT2D eigenvalue weighted by Gasteiger charge is -2.27. The molecule has 0 fully saturated rings. The second-order valence-electron chi connectivity index (χ2n) is 4.96. The highest BCUT2D eigenvalue weighted by Crippen LogP contribution is 2.07. The molecule has 0 spiro atoms. The third kappa shape index (κ3) is 4.78. The SMILES string of the molecule is CC(C)OC(=O)N(CCc1ccccc1)C(C)C. The van der Waals surface area contributed by atoms with Gasteiger partial charge in [0.2, 0.25) is 0 Å². The topological polar surface area (TPSA) is 29.5 Å². The molecule has 1 aromatic rings. The summed E-state index contributed by atoms with van der Waals surface area (Å²) in [4.78, 5) is 13.7. The summed E-state index contributed by atoms with van der Waals surface area (Å²) in [7, 11) is 0. The molecule has 1 aromatic carbocycles. The van der Waals surface area contributed by atoms with Crippen molar-refractivity contribution in [2.75, 3.05) is 6.54 Å². The molecule has 100 valence electrons. The summed E-state index contributed by atoms with van der Waals surface area (Å²) in [6.45, 7) is 8.44. The molecule has 1 rings (SSSR count). The van der Waals surface area contributed by atoms with Gasteiger partial charge in [-0.1, -0.05) is 30.3 Å². The molecule has 0 aliphatic heterocycles. The highest BCUT2D eigenvalue weighted by Gasteiger charge is 2.18. The van der Waals surface area contributed by atoms with Crippen LogP contribution >= 0.6 is 0 Å². The van der Waals surface area contributed by atoms with Crippen LogP contribution in [0.3, 0.4) is 0 Å². The number of hydrogen-bond acceptors (Lipinski definition) is 2. The number of carbonyl (C=O) groups is 1. The lowest BCUT2D eigenvalue weighted by atomic mass is 10.1. The number of carbonyl (C=O) groups excluding carboxylic acids is 1. The van der Waals surface area contributed by atoms with Gasteiger partial charge in [-0.2, -0.15) is 0 Å². The fourth-order valence-electron chi connectivity index (χ4n) is 1.72. The van der Waals surface area contributed by atoms with Crippen LogP contribution in [-0.4, -0.2) is 29.7 Å². The molecule has 18 heavy (non-hydrogen) atoms. The van der Waals surface area contributed by atoms with E-state index in [-0.39, 0.29) is 18.2 Å². The molecule has 0 heterocycles. The Bertz CT molecular complexity index is 360. The summed E-state index contributed by atoms with van der Waals surface area (Å²) in [6, 6.07) is 10.3. The van der Waals surface area contributed by atoms with Crippen LogP contribution in [0.5, 0.6) is 0 Å². The van der Waals surface area contributed by atoms with Gasteiger partial charge < -0.3 is 9.64 Å². The van der Waals surface area contributed by atoms with E-state index < -0.39 is 0 Å². The summed E-state index contributed by atoms with van der Waals surface area (Å²) >= 11 is 0. The van der Waals surface area contributed by atoms with E-state index in [0.717, 1.165) is 6.42 Å². The Labute approximate surface area is 110 Å². The summed E-state index contributed by atoms with van der Waals surface area (Å²) in [5.74, 6) is 0. The maximum absolute atomic E-state index is 11.9. The Morgan fingerprint density at radius 3 is 2.28 bits per heavy atom. The van der Waals surface area contributed by atoms with Crippen LogP contribution in [-0.2, 0) is 11.2 Å². The van der Waals surface area contributed by atoms with Crippen molar-refractivity contribution in [2.45, 2.75) is 46.3 Å². The molecule has 0 unspecified atom stereocenters. The average molecular weight is 249 g/mol. The monoisotopic (exact) mass is 249 g/mol. The second kappa shape index (κ2) is 7.04. The van der Waals surface area contributed by atoms with Crippen molar-refractivity contribution >= 4 is 6.09 Å². The van der Waals surface area contributed by atoms with Gasteiger partial charge in [-0.3, -0.25) is 0 Å². The maximum atomic E-state index is 11.9. The van der Waals surface area contributed by atoms with E-state index in [9.17, 15) is 4.79 Å². The quantitative estimate of drug-likeness (QED) is 0.799. The molecule has 0 N–H and O–H groups in total. The van der Waals surface area contributed by atoms with Gasteiger partial charge in [-0.25, -0.2) is 4.79 Å². The summed E-state index contributed by atoms with van der Waals surface area (Å²) in [6.07, 6.45) is 0.554. The van der Waals surface area contributed by atoms with E-state index >= 15 is 0 Å². The molecule has 0 bridgehead atoms. The van der Waals surface area contributed by atoms with Gasteiger partial charge in [-0.15, -0.1) is 0 Å². The fraction of sp³-hybridized carbons (Fsp3) is 0.533. The van der Waals surface area contributed by atoms with E-state index in [1.165, 1.54) is 5.56 Å². The number of hydrogen-bond donors (Lipinski definition) is 0. The number of rotatable bonds is 5. The predicted octanol–water partition coefficient (Wildman–Crippen LogP) is 3.48. The molecule has 0 saturated heterocycles. The summed E-state index contributed by atoms with van der Waals surface area (Å²) in [5.41, 5.74) is 1.24. The molecule has 1 amide bonds.